The Morgan fingerprint density at radius 3 is 1.94 bits per heavy atom. The maximum Gasteiger partial charge on any atom is 0.264 e. The van der Waals surface area contributed by atoms with Crippen LogP contribution in [0.3, 0.4) is 0 Å². The van der Waals surface area contributed by atoms with Crippen molar-refractivity contribution in [2.75, 3.05) is 46.9 Å². The van der Waals surface area contributed by atoms with E-state index in [0.717, 1.165) is 12.1 Å². The van der Waals surface area contributed by atoms with Gasteiger partial charge in [0.15, 0.2) is 17.3 Å². The maximum atomic E-state index is 14.1. The topological polar surface area (TPSA) is 77.5 Å². The molecule has 172 valence electrons. The first kappa shape index (κ1) is 25.1. The third-order valence-corrected chi connectivity index (χ3v) is 7.54. The van der Waals surface area contributed by atoms with E-state index in [4.69, 9.17) is 18.7 Å². The molecule has 0 bridgehead atoms. The molecule has 31 heavy (non-hydrogen) atoms. The molecular weight excluding hydrogens is 417 g/mol. The smallest absolute Gasteiger partial charge is 0.264 e. The van der Waals surface area contributed by atoms with Crippen LogP contribution in [0.15, 0.2) is 36.4 Å². The summed E-state index contributed by atoms with van der Waals surface area (Å²) in [5.74, 6) is 0.105. The van der Waals surface area contributed by atoms with Gasteiger partial charge in [0.2, 0.25) is 5.75 Å². The van der Waals surface area contributed by atoms with Crippen LogP contribution in [0.1, 0.15) is 31.7 Å². The lowest BCUT2D eigenvalue weighted by Crippen LogP contribution is -2.17. The first-order valence-corrected chi connectivity index (χ1v) is 11.9. The second-order valence-corrected chi connectivity index (χ2v) is 10.3. The van der Waals surface area contributed by atoms with Crippen molar-refractivity contribution < 1.29 is 28.4 Å². The molecule has 1 N–H and O–H groups in total. The van der Waals surface area contributed by atoms with E-state index in [1.807, 2.05) is 31.1 Å². The number of aliphatic hydroxyl groups is 1. The molecule has 0 amide bonds. The van der Waals surface area contributed by atoms with E-state index in [-0.39, 0.29) is 6.61 Å². The summed E-state index contributed by atoms with van der Waals surface area (Å²) in [5, 5.41) is 11.7. The Balaban J connectivity index is 2.54. The second-order valence-electron chi connectivity index (χ2n) is 7.86. The summed E-state index contributed by atoms with van der Waals surface area (Å²) in [6.45, 7) is 4.40. The zero-order valence-electron chi connectivity index (χ0n) is 19.4. The van der Waals surface area contributed by atoms with Crippen LogP contribution in [-0.2, 0) is 9.09 Å². The molecule has 2 rings (SSSR count). The normalized spacial score (nSPS) is 14.1. The van der Waals surface area contributed by atoms with Gasteiger partial charge in [-0.2, -0.15) is 0 Å². The molecule has 0 aliphatic rings. The van der Waals surface area contributed by atoms with Crippen molar-refractivity contribution >= 4 is 18.4 Å². The Kier molecular flexibility index (Phi) is 8.80. The van der Waals surface area contributed by atoms with Gasteiger partial charge in [-0.05, 0) is 54.3 Å². The van der Waals surface area contributed by atoms with Crippen LogP contribution in [0, 0.1) is 5.92 Å². The number of rotatable bonds is 11. The van der Waals surface area contributed by atoms with Crippen molar-refractivity contribution in [2.24, 2.45) is 5.92 Å². The number of benzene rings is 2. The molecule has 0 saturated heterocycles. The summed E-state index contributed by atoms with van der Waals surface area (Å²) < 4.78 is 36.2. The SMILES string of the molecule is COc1cc([C@H](O)[P@@](=O)(OCCC(C)C)c2ccc(N(C)C)cc2)cc(OC)c1OC. The molecular formula is C23H34NO6P. The predicted molar refractivity (Wildman–Crippen MR) is 124 cm³/mol. The molecule has 0 aromatic heterocycles. The molecule has 8 heteroatoms. The van der Waals surface area contributed by atoms with Crippen LogP contribution in [0.4, 0.5) is 5.69 Å². The molecule has 0 spiro atoms. The lowest BCUT2D eigenvalue weighted by atomic mass is 10.2. The average Bonchev–Trinajstić information content (AvgIpc) is 2.76. The third kappa shape index (κ3) is 5.73. The Hall–Kier alpha value is -2.21. The van der Waals surface area contributed by atoms with Gasteiger partial charge in [-0.15, -0.1) is 0 Å². The van der Waals surface area contributed by atoms with Gasteiger partial charge in [0.05, 0.1) is 27.9 Å². The summed E-state index contributed by atoms with van der Waals surface area (Å²) >= 11 is 0. The molecule has 0 aliphatic carbocycles. The standard InChI is InChI=1S/C23H34NO6P/c1-16(2)12-13-30-31(26,19-10-8-18(9-11-19)24(3)4)23(25)17-14-20(27-5)22(29-7)21(15-17)28-6/h8-11,14-16,23,25H,12-13H2,1-7H3/t23-,31+/m1/s1. The zero-order chi connectivity index (χ0) is 23.2. The average molecular weight is 452 g/mol. The summed E-state index contributed by atoms with van der Waals surface area (Å²) in [4.78, 5) is 1.95. The minimum Gasteiger partial charge on any atom is -0.493 e. The highest BCUT2D eigenvalue weighted by molar-refractivity contribution is 7.67. The lowest BCUT2D eigenvalue weighted by Gasteiger charge is -2.26. The Labute approximate surface area is 185 Å². The number of hydrogen-bond acceptors (Lipinski definition) is 7. The first-order chi connectivity index (χ1) is 14.7. The number of aliphatic hydroxyl groups excluding tert-OH is 1. The number of methoxy groups -OCH3 is 3. The third-order valence-electron chi connectivity index (χ3n) is 5.01. The minimum atomic E-state index is -3.69. The van der Waals surface area contributed by atoms with Crippen molar-refractivity contribution in [3.63, 3.8) is 0 Å². The van der Waals surface area contributed by atoms with Crippen LogP contribution in [0.25, 0.3) is 0 Å². The largest absolute Gasteiger partial charge is 0.493 e. The van der Waals surface area contributed by atoms with E-state index in [1.54, 1.807) is 24.3 Å². The van der Waals surface area contributed by atoms with Crippen LogP contribution in [0.5, 0.6) is 17.2 Å². The van der Waals surface area contributed by atoms with Gasteiger partial charge in [0.1, 0.15) is 0 Å². The fourth-order valence-corrected chi connectivity index (χ4v) is 5.17. The molecule has 0 unspecified atom stereocenters. The van der Waals surface area contributed by atoms with Crippen molar-refractivity contribution in [3.8, 4) is 17.2 Å². The molecule has 2 atom stereocenters. The fourth-order valence-electron chi connectivity index (χ4n) is 3.12. The summed E-state index contributed by atoms with van der Waals surface area (Å²) in [6.07, 6.45) is 0.724. The van der Waals surface area contributed by atoms with Crippen molar-refractivity contribution in [2.45, 2.75) is 26.1 Å². The monoisotopic (exact) mass is 451 g/mol. The molecule has 0 saturated carbocycles. The highest BCUT2D eigenvalue weighted by Gasteiger charge is 2.37. The summed E-state index contributed by atoms with van der Waals surface area (Å²) in [6, 6.07) is 10.4. The maximum absolute atomic E-state index is 14.1. The Morgan fingerprint density at radius 2 is 1.52 bits per heavy atom. The van der Waals surface area contributed by atoms with Crippen LogP contribution in [-0.4, -0.2) is 47.1 Å². The van der Waals surface area contributed by atoms with E-state index >= 15 is 0 Å². The minimum absolute atomic E-state index is 0.270. The van der Waals surface area contributed by atoms with Gasteiger partial charge in [0, 0.05) is 25.1 Å². The molecule has 0 aliphatic heterocycles. The molecule has 2 aromatic carbocycles. The number of anilines is 1. The van der Waals surface area contributed by atoms with Gasteiger partial charge in [0.25, 0.3) is 7.37 Å². The van der Waals surface area contributed by atoms with Gasteiger partial charge in [-0.1, -0.05) is 13.8 Å². The summed E-state index contributed by atoms with van der Waals surface area (Å²) in [5.41, 5.74) is 1.32. The fraction of sp³-hybridized carbons (Fsp3) is 0.478. The van der Waals surface area contributed by atoms with Crippen molar-refractivity contribution in [1.29, 1.82) is 0 Å². The van der Waals surface area contributed by atoms with Crippen LogP contribution >= 0.6 is 7.37 Å². The van der Waals surface area contributed by atoms with Gasteiger partial charge in [-0.25, -0.2) is 0 Å². The van der Waals surface area contributed by atoms with Gasteiger partial charge < -0.3 is 28.7 Å². The van der Waals surface area contributed by atoms with Crippen molar-refractivity contribution in [1.82, 2.24) is 0 Å². The molecule has 0 heterocycles. The van der Waals surface area contributed by atoms with E-state index in [0.29, 0.717) is 34.0 Å². The Bertz CT molecular complexity index is 872. The molecule has 0 fully saturated rings. The van der Waals surface area contributed by atoms with Gasteiger partial charge in [-0.3, -0.25) is 4.57 Å². The summed E-state index contributed by atoms with van der Waals surface area (Å²) in [7, 11) is 4.66. The van der Waals surface area contributed by atoms with E-state index < -0.39 is 13.2 Å². The number of ether oxygens (including phenoxy) is 3. The molecule has 0 radical (unpaired) electrons. The highest BCUT2D eigenvalue weighted by Crippen LogP contribution is 2.59. The zero-order valence-corrected chi connectivity index (χ0v) is 20.3. The van der Waals surface area contributed by atoms with Gasteiger partial charge >= 0.3 is 0 Å². The van der Waals surface area contributed by atoms with E-state index in [2.05, 4.69) is 13.8 Å². The second kappa shape index (κ2) is 10.9. The molecule has 7 nitrogen and oxygen atoms in total. The van der Waals surface area contributed by atoms with Crippen LogP contribution < -0.4 is 24.4 Å². The first-order valence-electron chi connectivity index (χ1n) is 10.2. The quantitative estimate of drug-likeness (QED) is 0.506. The number of hydrogen-bond donors (Lipinski definition) is 1. The van der Waals surface area contributed by atoms with E-state index in [1.165, 1.54) is 21.3 Å². The molecule has 2 aromatic rings. The van der Waals surface area contributed by atoms with E-state index in [9.17, 15) is 9.67 Å². The Morgan fingerprint density at radius 1 is 0.968 bits per heavy atom. The predicted octanol–water partition coefficient (Wildman–Crippen LogP) is 4.44. The van der Waals surface area contributed by atoms with Crippen molar-refractivity contribution in [3.05, 3.63) is 42.0 Å². The van der Waals surface area contributed by atoms with Crippen LogP contribution in [0.2, 0.25) is 0 Å². The lowest BCUT2D eigenvalue weighted by molar-refractivity contribution is 0.208. The number of nitrogens with zero attached hydrogens (tertiary/aromatic N) is 1. The highest BCUT2D eigenvalue weighted by atomic mass is 31.2.